The molecule has 0 saturated carbocycles. The number of carboxylic acid groups (broad SMARTS) is 2. The van der Waals surface area contributed by atoms with Crippen molar-refractivity contribution in [1.29, 1.82) is 0 Å². The van der Waals surface area contributed by atoms with Gasteiger partial charge in [0.15, 0.2) is 17.2 Å². The number of benzene rings is 2. The van der Waals surface area contributed by atoms with Gasteiger partial charge in [0.2, 0.25) is 5.91 Å². The molecule has 33 heavy (non-hydrogen) atoms. The smallest absolute Gasteiger partial charge is 0.349 e. The summed E-state index contributed by atoms with van der Waals surface area (Å²) in [4.78, 5) is 36.6. The van der Waals surface area contributed by atoms with Crippen molar-refractivity contribution in [2.75, 3.05) is 6.61 Å². The van der Waals surface area contributed by atoms with E-state index in [9.17, 15) is 19.5 Å². The molecule has 0 unspecified atom stereocenters. The van der Waals surface area contributed by atoms with Gasteiger partial charge in [0.25, 0.3) is 0 Å². The van der Waals surface area contributed by atoms with E-state index < -0.39 is 18.5 Å². The van der Waals surface area contributed by atoms with Gasteiger partial charge in [-0.25, -0.2) is 9.59 Å². The summed E-state index contributed by atoms with van der Waals surface area (Å²) in [5, 5.41) is 19.0. The maximum absolute atomic E-state index is 12.2. The highest BCUT2D eigenvalue weighted by atomic mass is 35.5. The van der Waals surface area contributed by atoms with Crippen molar-refractivity contribution in [3.8, 4) is 16.2 Å². The lowest BCUT2D eigenvalue weighted by atomic mass is 10.1. The zero-order valence-corrected chi connectivity index (χ0v) is 19.7. The van der Waals surface area contributed by atoms with Gasteiger partial charge in [-0.05, 0) is 34.9 Å². The molecule has 0 aliphatic rings. The molecule has 3 rings (SSSR count). The van der Waals surface area contributed by atoms with Crippen molar-refractivity contribution in [2.45, 2.75) is 20.0 Å². The number of carboxylic acids is 2. The molecule has 0 bridgehead atoms. The monoisotopic (exact) mass is 507 g/mol. The predicted octanol–water partition coefficient (Wildman–Crippen LogP) is 5.43. The van der Waals surface area contributed by atoms with Crippen LogP contribution in [-0.4, -0.2) is 39.6 Å². The highest BCUT2D eigenvalue weighted by Crippen LogP contribution is 2.45. The van der Waals surface area contributed by atoms with Crippen LogP contribution in [0.1, 0.15) is 27.7 Å². The Balaban J connectivity index is 1.88. The summed E-state index contributed by atoms with van der Waals surface area (Å²) in [5.74, 6) is -2.80. The van der Waals surface area contributed by atoms with Crippen molar-refractivity contribution in [3.63, 3.8) is 0 Å². The molecule has 10 heteroatoms. The molecule has 7 nitrogen and oxygen atoms in total. The second-order valence-electron chi connectivity index (χ2n) is 7.09. The Bertz CT molecular complexity index is 1190. The zero-order valence-electron chi connectivity index (χ0n) is 17.4. The molecule has 1 heterocycles. The van der Waals surface area contributed by atoms with E-state index in [1.54, 1.807) is 29.2 Å². The molecule has 1 amide bonds. The minimum Gasteiger partial charge on any atom is -0.479 e. The third-order valence-electron chi connectivity index (χ3n) is 4.64. The van der Waals surface area contributed by atoms with E-state index in [1.165, 1.54) is 6.92 Å². The van der Waals surface area contributed by atoms with Crippen LogP contribution in [0.4, 0.5) is 0 Å². The van der Waals surface area contributed by atoms with Crippen LogP contribution in [0.5, 0.6) is 5.75 Å². The number of amides is 1. The lowest BCUT2D eigenvalue weighted by Crippen LogP contribution is -2.27. The van der Waals surface area contributed by atoms with Gasteiger partial charge in [-0.2, -0.15) is 0 Å². The molecule has 172 valence electrons. The molecule has 0 fully saturated rings. The maximum Gasteiger partial charge on any atom is 0.349 e. The highest BCUT2D eigenvalue weighted by Gasteiger charge is 2.25. The van der Waals surface area contributed by atoms with Gasteiger partial charge in [-0.3, -0.25) is 4.79 Å². The van der Waals surface area contributed by atoms with Crippen molar-refractivity contribution < 1.29 is 29.3 Å². The van der Waals surface area contributed by atoms with Crippen molar-refractivity contribution in [1.82, 2.24) is 4.90 Å². The molecule has 0 atom stereocenters. The van der Waals surface area contributed by atoms with Gasteiger partial charge in [-0.15, -0.1) is 11.3 Å². The van der Waals surface area contributed by atoms with Gasteiger partial charge >= 0.3 is 11.9 Å². The lowest BCUT2D eigenvalue weighted by molar-refractivity contribution is -0.139. The Morgan fingerprint density at radius 2 is 1.67 bits per heavy atom. The third kappa shape index (κ3) is 6.25. The molecule has 2 N–H and O–H groups in total. The van der Waals surface area contributed by atoms with Crippen LogP contribution in [0, 0.1) is 0 Å². The highest BCUT2D eigenvalue weighted by molar-refractivity contribution is 7.18. The first kappa shape index (κ1) is 24.6. The molecule has 0 aliphatic heterocycles. The van der Waals surface area contributed by atoms with Crippen LogP contribution in [0.2, 0.25) is 10.0 Å². The molecule has 0 radical (unpaired) electrons. The number of hydrogen-bond donors (Lipinski definition) is 2. The summed E-state index contributed by atoms with van der Waals surface area (Å²) in [7, 11) is 0. The Kier molecular flexibility index (Phi) is 7.97. The fraction of sp³-hybridized carbons (Fsp3) is 0.174. The number of aliphatic carboxylic acids is 1. The fourth-order valence-corrected chi connectivity index (χ4v) is 4.63. The number of nitrogens with zero attached hydrogens (tertiary/aromatic N) is 1. The number of halogens is 2. The number of ether oxygens (including phenoxy) is 1. The fourth-order valence-electron chi connectivity index (χ4n) is 3.11. The van der Waals surface area contributed by atoms with E-state index >= 15 is 0 Å². The Labute approximate surface area is 203 Å². The van der Waals surface area contributed by atoms with Gasteiger partial charge in [0.05, 0.1) is 4.88 Å². The summed E-state index contributed by atoms with van der Waals surface area (Å²) in [6, 6.07) is 14.4. The molecule has 0 aliphatic carbocycles. The van der Waals surface area contributed by atoms with Crippen molar-refractivity contribution in [2.24, 2.45) is 0 Å². The first-order valence-corrected chi connectivity index (χ1v) is 11.2. The number of aromatic carboxylic acids is 1. The summed E-state index contributed by atoms with van der Waals surface area (Å²) in [6.45, 7) is 1.49. The van der Waals surface area contributed by atoms with E-state index in [1.807, 2.05) is 24.3 Å². The largest absolute Gasteiger partial charge is 0.479 e. The summed E-state index contributed by atoms with van der Waals surface area (Å²) < 4.78 is 5.13. The minimum atomic E-state index is -1.27. The van der Waals surface area contributed by atoms with E-state index in [4.69, 9.17) is 33.0 Å². The van der Waals surface area contributed by atoms with E-state index in [-0.39, 0.29) is 21.6 Å². The standard InChI is InChI=1S/C23H19Cl2NO6S/c1-13(27)26(10-14-5-7-17(24)8-6-14)11-15-3-2-4-16(9-15)21-19(25)20(32-12-18(28)29)22(33-21)23(30)31/h2-9H,10-12H2,1H3,(H,28,29)(H,30,31). The normalized spacial score (nSPS) is 10.6. The first-order valence-electron chi connectivity index (χ1n) is 9.65. The van der Waals surface area contributed by atoms with Crippen LogP contribution >= 0.6 is 34.5 Å². The number of hydrogen-bond acceptors (Lipinski definition) is 5. The molecule has 3 aromatic rings. The Hall–Kier alpha value is -3.07. The quantitative estimate of drug-likeness (QED) is 0.400. The third-order valence-corrected chi connectivity index (χ3v) is 6.57. The second kappa shape index (κ2) is 10.7. The van der Waals surface area contributed by atoms with Crippen molar-refractivity contribution >= 4 is 52.4 Å². The van der Waals surface area contributed by atoms with Gasteiger partial charge in [0.1, 0.15) is 5.02 Å². The number of thiophene rings is 1. The lowest BCUT2D eigenvalue weighted by Gasteiger charge is -2.21. The first-order chi connectivity index (χ1) is 15.7. The molecule has 0 spiro atoms. The molecule has 1 aromatic heterocycles. The predicted molar refractivity (Wildman–Crippen MR) is 126 cm³/mol. The van der Waals surface area contributed by atoms with Gasteiger partial charge in [0, 0.05) is 25.0 Å². The van der Waals surface area contributed by atoms with Crippen LogP contribution < -0.4 is 4.74 Å². The van der Waals surface area contributed by atoms with Crippen LogP contribution in [-0.2, 0) is 22.7 Å². The van der Waals surface area contributed by atoms with E-state index in [0.29, 0.717) is 28.6 Å². The number of carbonyl (C=O) groups excluding carboxylic acids is 1. The average Bonchev–Trinajstić information content (AvgIpc) is 3.10. The van der Waals surface area contributed by atoms with Gasteiger partial charge < -0.3 is 19.8 Å². The van der Waals surface area contributed by atoms with Crippen molar-refractivity contribution in [3.05, 3.63) is 74.6 Å². The topological polar surface area (TPSA) is 104 Å². The molecule has 2 aromatic carbocycles. The van der Waals surface area contributed by atoms with Crippen LogP contribution in [0.15, 0.2) is 48.5 Å². The van der Waals surface area contributed by atoms with E-state index in [0.717, 1.165) is 22.5 Å². The van der Waals surface area contributed by atoms with Crippen LogP contribution in [0.3, 0.4) is 0 Å². The van der Waals surface area contributed by atoms with Crippen LogP contribution in [0.25, 0.3) is 10.4 Å². The average molecular weight is 508 g/mol. The summed E-state index contributed by atoms with van der Waals surface area (Å²) >= 11 is 13.2. The summed E-state index contributed by atoms with van der Waals surface area (Å²) in [6.07, 6.45) is 0. The molecular formula is C23H19Cl2NO6S. The van der Waals surface area contributed by atoms with Gasteiger partial charge in [-0.1, -0.05) is 53.5 Å². The Morgan fingerprint density at radius 3 is 2.27 bits per heavy atom. The SMILES string of the molecule is CC(=O)N(Cc1ccc(Cl)cc1)Cc1cccc(-c2sc(C(=O)O)c(OCC(=O)O)c2Cl)c1. The Morgan fingerprint density at radius 1 is 1.00 bits per heavy atom. The molecule has 0 saturated heterocycles. The second-order valence-corrected chi connectivity index (χ2v) is 8.93. The summed E-state index contributed by atoms with van der Waals surface area (Å²) in [5.41, 5.74) is 2.37. The maximum atomic E-state index is 12.2. The zero-order chi connectivity index (χ0) is 24.1. The number of rotatable bonds is 9. The minimum absolute atomic E-state index is 0.0281. The number of carbonyl (C=O) groups is 3. The molecular weight excluding hydrogens is 489 g/mol. The van der Waals surface area contributed by atoms with E-state index in [2.05, 4.69) is 0 Å².